The van der Waals surface area contributed by atoms with E-state index in [1.807, 2.05) is 0 Å². The number of rotatable bonds is 52. The van der Waals surface area contributed by atoms with Crippen molar-refractivity contribution in [1.82, 2.24) is 37.2 Å². The van der Waals surface area contributed by atoms with Crippen LogP contribution in [0.15, 0.2) is 72.8 Å². The number of ketones is 1. The second-order valence-corrected chi connectivity index (χ2v) is 21.2. The molecule has 0 aliphatic heterocycles. The van der Waals surface area contributed by atoms with Crippen molar-refractivity contribution in [3.05, 3.63) is 89.5 Å². The number of ether oxygens (including phenoxy) is 6. The third-order valence-electron chi connectivity index (χ3n) is 13.3. The minimum Gasteiger partial charge on any atom is -0.494 e. The molecule has 0 fully saturated rings. The van der Waals surface area contributed by atoms with Crippen molar-refractivity contribution in [3.63, 3.8) is 0 Å². The molecule has 0 saturated heterocycles. The first-order chi connectivity index (χ1) is 43.3. The number of carbonyl (C=O) groups excluding carboxylic acids is 11. The highest BCUT2D eigenvalue weighted by molar-refractivity contribution is 5.94. The van der Waals surface area contributed by atoms with Crippen molar-refractivity contribution >= 4 is 64.9 Å². The average molecular weight is 1260 g/mol. The zero-order valence-electron chi connectivity index (χ0n) is 51.7. The molecule has 0 saturated carbocycles. The lowest BCUT2D eigenvalue weighted by Crippen LogP contribution is -2.58. The number of hydrogen-bond acceptors (Lipinski definition) is 17. The summed E-state index contributed by atoms with van der Waals surface area (Å²) in [7, 11) is 0. The molecule has 0 bridgehead atoms. The van der Waals surface area contributed by atoms with Crippen LogP contribution in [0.1, 0.15) is 147 Å². The van der Waals surface area contributed by atoms with Crippen molar-refractivity contribution in [2.45, 2.75) is 122 Å². The molecule has 0 unspecified atom stereocenters. The van der Waals surface area contributed by atoms with Crippen LogP contribution in [0.5, 0.6) is 17.2 Å². The Hall–Kier alpha value is -8.69. The molecule has 3 aromatic rings. The number of amides is 10. The van der Waals surface area contributed by atoms with E-state index in [2.05, 4.69) is 37.2 Å². The lowest BCUT2D eigenvalue weighted by Gasteiger charge is -2.34. The monoisotopic (exact) mass is 1260 g/mol. The maximum atomic E-state index is 13.4. The van der Waals surface area contributed by atoms with Crippen molar-refractivity contribution in [1.29, 1.82) is 0 Å². The zero-order chi connectivity index (χ0) is 65.6. The van der Waals surface area contributed by atoms with Gasteiger partial charge in [-0.1, -0.05) is 0 Å². The first kappa shape index (κ1) is 75.6. The number of carbonyl (C=O) groups is 11. The molecular weight excluding hydrogens is 1170 g/mol. The van der Waals surface area contributed by atoms with Crippen LogP contribution in [0, 0.1) is 0 Å². The molecular formula is C63H92N10O17. The van der Waals surface area contributed by atoms with Gasteiger partial charge in [0.1, 0.15) is 28.6 Å². The van der Waals surface area contributed by atoms with Gasteiger partial charge in [-0.05, 0) is 138 Å². The quantitative estimate of drug-likeness (QED) is 0.0363. The van der Waals surface area contributed by atoms with E-state index in [-0.39, 0.29) is 152 Å². The van der Waals surface area contributed by atoms with E-state index < -0.39 is 29.2 Å². The predicted octanol–water partition coefficient (Wildman–Crippen LogP) is 2.34. The summed E-state index contributed by atoms with van der Waals surface area (Å²) < 4.78 is 34.9. The minimum absolute atomic E-state index is 0.0156. The molecule has 0 spiro atoms. The minimum atomic E-state index is -1.38. The van der Waals surface area contributed by atoms with Gasteiger partial charge in [-0.15, -0.1) is 0 Å². The predicted molar refractivity (Wildman–Crippen MR) is 332 cm³/mol. The summed E-state index contributed by atoms with van der Waals surface area (Å²) in [6.45, 7) is 3.48. The van der Waals surface area contributed by atoms with Gasteiger partial charge in [-0.2, -0.15) is 0 Å². The number of primary amides is 3. The molecule has 27 nitrogen and oxygen atoms in total. The zero-order valence-corrected chi connectivity index (χ0v) is 51.7. The number of nitrogens with one attached hydrogen (secondary N) is 7. The van der Waals surface area contributed by atoms with E-state index in [1.54, 1.807) is 72.8 Å². The second-order valence-electron chi connectivity index (χ2n) is 21.2. The van der Waals surface area contributed by atoms with Crippen LogP contribution in [-0.4, -0.2) is 169 Å². The summed E-state index contributed by atoms with van der Waals surface area (Å²) in [5, 5.41) is 19.8. The molecule has 3 aromatic carbocycles. The van der Waals surface area contributed by atoms with E-state index in [1.165, 1.54) is 6.92 Å². The van der Waals surface area contributed by atoms with E-state index in [4.69, 9.17) is 45.6 Å². The van der Waals surface area contributed by atoms with Crippen LogP contribution in [0.3, 0.4) is 0 Å². The smallest absolute Gasteiger partial charge is 0.248 e. The molecule has 0 aliphatic rings. The van der Waals surface area contributed by atoms with Gasteiger partial charge in [0, 0.05) is 107 Å². The molecule has 13 N–H and O–H groups in total. The molecule has 0 heterocycles. The van der Waals surface area contributed by atoms with Crippen LogP contribution in [0.2, 0.25) is 0 Å². The summed E-state index contributed by atoms with van der Waals surface area (Å²) in [5.74, 6) is -1.81. The highest BCUT2D eigenvalue weighted by Crippen LogP contribution is 2.16. The molecule has 496 valence electrons. The first-order valence-electron chi connectivity index (χ1n) is 30.5. The Bertz CT molecular complexity index is 2590. The summed E-state index contributed by atoms with van der Waals surface area (Å²) in [5.41, 5.74) is 15.5. The number of hydrogen-bond donors (Lipinski definition) is 10. The first-order valence-corrected chi connectivity index (χ1v) is 30.5. The Morgan fingerprint density at radius 2 is 0.600 bits per heavy atom. The number of benzene rings is 3. The standard InChI is InChI=1S/C63H92N10O17/c1-46(74)11-6-14-59(81)73-63(45-87-42-30-58(80)72-36-10-33-69-55(77)15-7-39-90-52-26-20-49(21-27-52)62(66)84,43-85-40-28-56(78)70-34-8-31-67-53(75)12-2-4-37-88-50-22-16-47(17-23-50)60(64)82)44-86-41-29-57(79)71-35-9-32-68-54(76)13-3-5-38-89-51-24-18-48(19-25-51)61(65)83/h16-27H,2-15,28-45H2,1H3,(H2,64,82)(H2,65,83)(H2,66,84)(H,67,75)(H,68,76)(H,69,77)(H,70,78)(H,71,79)(H,72,80)(H,73,81). The molecule has 10 amide bonds. The summed E-state index contributed by atoms with van der Waals surface area (Å²) >= 11 is 0. The lowest BCUT2D eigenvalue weighted by molar-refractivity contribution is -0.131. The van der Waals surface area contributed by atoms with Crippen LogP contribution >= 0.6 is 0 Å². The van der Waals surface area contributed by atoms with Gasteiger partial charge in [-0.25, -0.2) is 0 Å². The van der Waals surface area contributed by atoms with Crippen LogP contribution in [0.4, 0.5) is 0 Å². The van der Waals surface area contributed by atoms with E-state index in [9.17, 15) is 52.7 Å². The van der Waals surface area contributed by atoms with Gasteiger partial charge in [0.05, 0.1) is 59.5 Å². The van der Waals surface area contributed by atoms with E-state index in [0.717, 1.165) is 0 Å². The van der Waals surface area contributed by atoms with Gasteiger partial charge in [0.15, 0.2) is 0 Å². The van der Waals surface area contributed by atoms with E-state index in [0.29, 0.717) is 131 Å². The van der Waals surface area contributed by atoms with Gasteiger partial charge in [0.2, 0.25) is 59.1 Å². The molecule has 0 aromatic heterocycles. The Morgan fingerprint density at radius 3 is 0.900 bits per heavy atom. The Kier molecular flexibility index (Phi) is 38.2. The largest absolute Gasteiger partial charge is 0.494 e. The molecule has 0 atom stereocenters. The maximum Gasteiger partial charge on any atom is 0.248 e. The van der Waals surface area contributed by atoms with E-state index >= 15 is 0 Å². The van der Waals surface area contributed by atoms with Crippen LogP contribution < -0.4 is 68.6 Å². The second kappa shape index (κ2) is 45.5. The molecule has 0 radical (unpaired) electrons. The normalized spacial score (nSPS) is 10.9. The topological polar surface area (TPSA) is 405 Å². The fourth-order valence-electron chi connectivity index (χ4n) is 8.27. The van der Waals surface area contributed by atoms with Gasteiger partial charge in [0.25, 0.3) is 0 Å². The van der Waals surface area contributed by atoms with Gasteiger partial charge >= 0.3 is 0 Å². The van der Waals surface area contributed by atoms with Crippen LogP contribution in [0.25, 0.3) is 0 Å². The fourth-order valence-corrected chi connectivity index (χ4v) is 8.27. The number of unbranched alkanes of at least 4 members (excludes halogenated alkanes) is 2. The highest BCUT2D eigenvalue weighted by atomic mass is 16.5. The molecule has 0 aliphatic carbocycles. The SMILES string of the molecule is CC(=O)CCCC(=O)NC(COCCC(=O)NCCCNC(=O)CCCCOc1ccc(C(N)=O)cc1)(COCCC(=O)NCCCNC(=O)CCCCOc1ccc(C(N)=O)cc1)COCCC(=O)NCCCNC(=O)CCCOc1ccc(C(N)=O)cc1. The number of Topliss-reactive ketones (excluding diaryl/α,β-unsaturated/α-hetero) is 1. The van der Waals surface area contributed by atoms with Crippen molar-refractivity contribution in [3.8, 4) is 17.2 Å². The Labute approximate surface area is 525 Å². The molecule has 27 heteroatoms. The summed E-state index contributed by atoms with van der Waals surface area (Å²) in [6.07, 6.45) is 5.40. The third kappa shape index (κ3) is 36.6. The third-order valence-corrected chi connectivity index (χ3v) is 13.3. The fraction of sp³-hybridized carbons (Fsp3) is 0.540. The molecule has 3 rings (SSSR count). The van der Waals surface area contributed by atoms with Crippen molar-refractivity contribution in [2.24, 2.45) is 17.2 Å². The highest BCUT2D eigenvalue weighted by Gasteiger charge is 2.34. The molecule has 90 heavy (non-hydrogen) atoms. The summed E-state index contributed by atoms with van der Waals surface area (Å²) in [4.78, 5) is 134. The van der Waals surface area contributed by atoms with Gasteiger partial charge < -0.3 is 87.6 Å². The van der Waals surface area contributed by atoms with Crippen molar-refractivity contribution in [2.75, 3.05) is 98.7 Å². The summed E-state index contributed by atoms with van der Waals surface area (Å²) in [6, 6.07) is 19.3. The van der Waals surface area contributed by atoms with Crippen molar-refractivity contribution < 1.29 is 81.2 Å². The lowest BCUT2D eigenvalue weighted by atomic mass is 10.0. The van der Waals surface area contributed by atoms with Gasteiger partial charge in [-0.3, -0.25) is 47.9 Å². The Balaban J connectivity index is 1.44. The van der Waals surface area contributed by atoms with Crippen LogP contribution in [-0.2, 0) is 52.6 Å². The number of nitrogens with two attached hydrogens (primary N) is 3. The maximum absolute atomic E-state index is 13.4. The average Bonchev–Trinajstić information content (AvgIpc) is 3.09. The Morgan fingerprint density at radius 1 is 0.322 bits per heavy atom.